The third-order valence-corrected chi connectivity index (χ3v) is 9.15. The zero-order valence-electron chi connectivity index (χ0n) is 24.9. The van der Waals surface area contributed by atoms with Gasteiger partial charge in [-0.1, -0.05) is 133 Å². The van der Waals surface area contributed by atoms with Crippen molar-refractivity contribution in [3.63, 3.8) is 0 Å². The van der Waals surface area contributed by atoms with Gasteiger partial charge in [-0.25, -0.2) is 4.85 Å². The van der Waals surface area contributed by atoms with E-state index in [0.717, 1.165) is 39.1 Å². The lowest BCUT2D eigenvalue weighted by atomic mass is 9.97. The van der Waals surface area contributed by atoms with Crippen LogP contribution in [0.2, 0.25) is 0 Å². The molecule has 0 atom stereocenters. The summed E-state index contributed by atoms with van der Waals surface area (Å²) in [6.45, 7) is 8.13. The van der Waals surface area contributed by atoms with Gasteiger partial charge in [0, 0.05) is 32.8 Å². The highest BCUT2D eigenvalue weighted by molar-refractivity contribution is 6.14. The molecular formula is C43H27N3. The molecule has 0 fully saturated rings. The first-order chi connectivity index (χ1) is 22.8. The van der Waals surface area contributed by atoms with Crippen molar-refractivity contribution >= 4 is 49.3 Å². The highest BCUT2D eigenvalue weighted by atomic mass is 15.0. The number of hydrogen-bond donors (Lipinski definition) is 0. The molecule has 0 unspecified atom stereocenters. The quantitative estimate of drug-likeness (QED) is 0.182. The summed E-state index contributed by atoms with van der Waals surface area (Å²) < 4.78 is 4.65. The molecule has 214 valence electrons. The Morgan fingerprint density at radius 3 is 1.50 bits per heavy atom. The predicted molar refractivity (Wildman–Crippen MR) is 192 cm³/mol. The van der Waals surface area contributed by atoms with Gasteiger partial charge in [0.05, 0.1) is 34.3 Å². The smallest absolute Gasteiger partial charge is 0.211 e. The molecule has 9 aromatic rings. The van der Waals surface area contributed by atoms with Crippen molar-refractivity contribution in [3.05, 3.63) is 175 Å². The summed E-state index contributed by atoms with van der Waals surface area (Å²) in [6, 6.07) is 57.7. The van der Waals surface area contributed by atoms with Gasteiger partial charge < -0.3 is 9.13 Å². The molecule has 2 aromatic heterocycles. The van der Waals surface area contributed by atoms with Crippen LogP contribution in [-0.2, 0) is 0 Å². The Morgan fingerprint density at radius 2 is 0.870 bits per heavy atom. The molecule has 0 aliphatic rings. The Hall–Kier alpha value is -6.37. The topological polar surface area (TPSA) is 14.2 Å². The van der Waals surface area contributed by atoms with Crippen LogP contribution in [0, 0.1) is 6.57 Å². The lowest BCUT2D eigenvalue weighted by molar-refractivity contribution is 1.18. The molecule has 0 aliphatic heterocycles. The molecule has 0 N–H and O–H groups in total. The fourth-order valence-corrected chi connectivity index (χ4v) is 7.18. The van der Waals surface area contributed by atoms with Gasteiger partial charge in [-0.3, -0.25) is 0 Å². The summed E-state index contributed by atoms with van der Waals surface area (Å²) in [5.74, 6) is 0. The van der Waals surface area contributed by atoms with Crippen LogP contribution in [0.15, 0.2) is 164 Å². The standard InChI is InChI=1S/C43H27N3/c1-44-38-21-12-19-33(43(38)46-40-23-9-5-15-34(40)35-16-6-10-24-41(35)46)30-27-25-29(26-28-30)32-18-11-20-37-36-17-7-8-22-39(36)45(42(32)37)31-13-3-2-4-14-31/h2-28H. The minimum Gasteiger partial charge on any atom is -0.318 e. The van der Waals surface area contributed by atoms with Gasteiger partial charge in [-0.05, 0) is 47.0 Å². The Balaban J connectivity index is 1.25. The van der Waals surface area contributed by atoms with Crippen LogP contribution in [-0.4, -0.2) is 9.13 Å². The van der Waals surface area contributed by atoms with Crippen LogP contribution in [0.5, 0.6) is 0 Å². The Kier molecular flexibility index (Phi) is 5.88. The van der Waals surface area contributed by atoms with Gasteiger partial charge in [-0.2, -0.15) is 0 Å². The average molecular weight is 586 g/mol. The van der Waals surface area contributed by atoms with Crippen molar-refractivity contribution in [1.29, 1.82) is 0 Å². The Morgan fingerprint density at radius 1 is 0.391 bits per heavy atom. The van der Waals surface area contributed by atoms with Crippen molar-refractivity contribution < 1.29 is 0 Å². The van der Waals surface area contributed by atoms with Crippen LogP contribution < -0.4 is 0 Å². The zero-order chi connectivity index (χ0) is 30.6. The fourth-order valence-electron chi connectivity index (χ4n) is 7.18. The van der Waals surface area contributed by atoms with Gasteiger partial charge in [0.1, 0.15) is 0 Å². The molecule has 2 heterocycles. The second kappa shape index (κ2) is 10.4. The average Bonchev–Trinajstić information content (AvgIpc) is 3.65. The fraction of sp³-hybridized carbons (Fsp3) is 0. The van der Waals surface area contributed by atoms with Crippen LogP contribution >= 0.6 is 0 Å². The normalized spacial score (nSPS) is 11.5. The molecule has 3 heteroatoms. The van der Waals surface area contributed by atoms with Gasteiger partial charge >= 0.3 is 0 Å². The summed E-state index contributed by atoms with van der Waals surface area (Å²) in [5, 5.41) is 4.84. The molecule has 7 aromatic carbocycles. The van der Waals surface area contributed by atoms with E-state index >= 15 is 0 Å². The molecule has 0 spiro atoms. The van der Waals surface area contributed by atoms with Crippen LogP contribution in [0.1, 0.15) is 0 Å². The second-order valence-electron chi connectivity index (χ2n) is 11.6. The zero-order valence-corrected chi connectivity index (χ0v) is 24.9. The van der Waals surface area contributed by atoms with E-state index in [9.17, 15) is 0 Å². The molecule has 0 radical (unpaired) electrons. The summed E-state index contributed by atoms with van der Waals surface area (Å²) in [7, 11) is 0. The highest BCUT2D eigenvalue weighted by Gasteiger charge is 2.20. The largest absolute Gasteiger partial charge is 0.318 e. The predicted octanol–water partition coefficient (Wildman–Crippen LogP) is 11.8. The third-order valence-electron chi connectivity index (χ3n) is 9.15. The van der Waals surface area contributed by atoms with Crippen LogP contribution in [0.25, 0.3) is 82.1 Å². The maximum absolute atomic E-state index is 8.13. The summed E-state index contributed by atoms with van der Waals surface area (Å²) in [4.78, 5) is 4.01. The van der Waals surface area contributed by atoms with Gasteiger partial charge in [0.2, 0.25) is 5.69 Å². The minimum atomic E-state index is 0.630. The first-order valence-corrected chi connectivity index (χ1v) is 15.5. The van der Waals surface area contributed by atoms with E-state index in [-0.39, 0.29) is 0 Å². The van der Waals surface area contributed by atoms with Crippen LogP contribution in [0.4, 0.5) is 5.69 Å². The number of nitrogens with zero attached hydrogens (tertiary/aromatic N) is 3. The van der Waals surface area contributed by atoms with E-state index in [4.69, 9.17) is 6.57 Å². The van der Waals surface area contributed by atoms with E-state index < -0.39 is 0 Å². The lowest BCUT2D eigenvalue weighted by Gasteiger charge is -2.17. The van der Waals surface area contributed by atoms with Crippen molar-refractivity contribution in [2.45, 2.75) is 0 Å². The number of hydrogen-bond acceptors (Lipinski definition) is 0. The molecule has 0 amide bonds. The van der Waals surface area contributed by atoms with Crippen molar-refractivity contribution in [2.24, 2.45) is 0 Å². The Bertz CT molecular complexity index is 2580. The lowest BCUT2D eigenvalue weighted by Crippen LogP contribution is -1.98. The number of fused-ring (bicyclic) bond motifs is 6. The summed E-state index contributed by atoms with van der Waals surface area (Å²) in [6.07, 6.45) is 0. The van der Waals surface area contributed by atoms with Gasteiger partial charge in [0.25, 0.3) is 0 Å². The van der Waals surface area contributed by atoms with E-state index in [1.807, 2.05) is 12.1 Å². The Labute approximate surface area is 266 Å². The monoisotopic (exact) mass is 585 g/mol. The summed E-state index contributed by atoms with van der Waals surface area (Å²) >= 11 is 0. The molecule has 0 saturated heterocycles. The molecule has 0 saturated carbocycles. The number of para-hydroxylation sites is 6. The second-order valence-corrected chi connectivity index (χ2v) is 11.6. The SMILES string of the molecule is [C-]#[N+]c1cccc(-c2ccc(-c3cccc4c5ccccc5n(-c5ccccc5)c34)cc2)c1-n1c2ccccc2c2ccccc21. The van der Waals surface area contributed by atoms with E-state index in [1.54, 1.807) is 0 Å². The summed E-state index contributed by atoms with van der Waals surface area (Å²) in [5.41, 5.74) is 11.7. The van der Waals surface area contributed by atoms with Crippen molar-refractivity contribution in [3.8, 4) is 33.6 Å². The third kappa shape index (κ3) is 3.84. The first kappa shape index (κ1) is 26.1. The molecule has 0 aliphatic carbocycles. The van der Waals surface area contributed by atoms with E-state index in [0.29, 0.717) is 5.69 Å². The van der Waals surface area contributed by atoms with Crippen molar-refractivity contribution in [1.82, 2.24) is 9.13 Å². The maximum Gasteiger partial charge on any atom is 0.211 e. The van der Waals surface area contributed by atoms with Gasteiger partial charge in [-0.15, -0.1) is 0 Å². The van der Waals surface area contributed by atoms with E-state index in [2.05, 4.69) is 166 Å². The highest BCUT2D eigenvalue weighted by Crippen LogP contribution is 2.42. The van der Waals surface area contributed by atoms with Crippen LogP contribution in [0.3, 0.4) is 0 Å². The van der Waals surface area contributed by atoms with E-state index in [1.165, 1.54) is 38.1 Å². The number of rotatable bonds is 4. The minimum absolute atomic E-state index is 0.630. The van der Waals surface area contributed by atoms with Gasteiger partial charge in [0.15, 0.2) is 0 Å². The van der Waals surface area contributed by atoms with Crippen molar-refractivity contribution in [2.75, 3.05) is 0 Å². The maximum atomic E-state index is 8.13. The number of benzene rings is 7. The number of aromatic nitrogens is 2. The molecule has 46 heavy (non-hydrogen) atoms. The molecular weight excluding hydrogens is 558 g/mol. The molecule has 0 bridgehead atoms. The first-order valence-electron chi connectivity index (χ1n) is 15.5. The molecule has 9 rings (SSSR count). The molecule has 3 nitrogen and oxygen atoms in total.